The fraction of sp³-hybridized carbons (Fsp3) is 0.263. The molecule has 1 N–H and O–H groups in total. The molecule has 0 radical (unpaired) electrons. The number of nitrogens with one attached hydrogen (secondary N) is 1. The van der Waals surface area contributed by atoms with Crippen LogP contribution in [0.2, 0.25) is 0 Å². The minimum absolute atomic E-state index is 0.228. The Morgan fingerprint density at radius 1 is 1.04 bits per heavy atom. The number of amides is 1. The average molecular weight is 341 g/mol. The zero-order chi connectivity index (χ0) is 16.8. The normalized spacial score (nSPS) is 14.7. The van der Waals surface area contributed by atoms with E-state index in [2.05, 4.69) is 5.32 Å². The summed E-state index contributed by atoms with van der Waals surface area (Å²) in [7, 11) is 0. The Morgan fingerprint density at radius 2 is 1.67 bits per heavy atom. The van der Waals surface area contributed by atoms with E-state index in [4.69, 9.17) is 4.74 Å². The molecular formula is C19H19NO3S. The molecule has 1 aliphatic carbocycles. The molecule has 0 saturated heterocycles. The van der Waals surface area contributed by atoms with Crippen LogP contribution in [-0.2, 0) is 14.3 Å². The Bertz CT molecular complexity index is 686. The van der Waals surface area contributed by atoms with Crippen LogP contribution < -0.4 is 5.32 Å². The predicted octanol–water partition coefficient (Wildman–Crippen LogP) is 3.34. The molecule has 1 amide bonds. The van der Waals surface area contributed by atoms with Gasteiger partial charge in [-0.3, -0.25) is 9.59 Å². The quantitative estimate of drug-likeness (QED) is 0.620. The van der Waals surface area contributed by atoms with Crippen LogP contribution in [0.15, 0.2) is 65.6 Å². The van der Waals surface area contributed by atoms with E-state index in [9.17, 15) is 9.59 Å². The largest absolute Gasteiger partial charge is 0.454 e. The lowest BCUT2D eigenvalue weighted by Gasteiger charge is -2.16. The summed E-state index contributed by atoms with van der Waals surface area (Å²) < 4.78 is 5.25. The summed E-state index contributed by atoms with van der Waals surface area (Å²) in [6, 6.07) is 19.4. The third-order valence-corrected chi connectivity index (χ3v) is 4.85. The van der Waals surface area contributed by atoms with Gasteiger partial charge in [0, 0.05) is 10.9 Å². The smallest absolute Gasteiger partial charge is 0.324 e. The van der Waals surface area contributed by atoms with E-state index in [0.29, 0.717) is 0 Å². The maximum Gasteiger partial charge on any atom is 0.324 e. The molecule has 0 spiro atoms. The summed E-state index contributed by atoms with van der Waals surface area (Å²) in [5, 5.41) is 2.32. The molecule has 3 rings (SSSR count). The number of rotatable bonds is 7. The summed E-state index contributed by atoms with van der Waals surface area (Å²) in [6.07, 6.45) is 2.02. The highest BCUT2D eigenvalue weighted by Crippen LogP contribution is 2.36. The minimum Gasteiger partial charge on any atom is -0.454 e. The Morgan fingerprint density at radius 3 is 2.29 bits per heavy atom. The van der Waals surface area contributed by atoms with Crippen LogP contribution in [0.25, 0.3) is 0 Å². The molecule has 124 valence electrons. The van der Waals surface area contributed by atoms with Gasteiger partial charge in [0.1, 0.15) is 5.25 Å². The van der Waals surface area contributed by atoms with Crippen LogP contribution in [0, 0.1) is 0 Å². The second kappa shape index (κ2) is 8.02. The van der Waals surface area contributed by atoms with Crippen molar-refractivity contribution in [1.29, 1.82) is 0 Å². The number of ether oxygens (including phenoxy) is 1. The lowest BCUT2D eigenvalue weighted by atomic mass is 10.1. The molecule has 0 unspecified atom stereocenters. The molecule has 1 saturated carbocycles. The maximum absolute atomic E-state index is 12.5. The van der Waals surface area contributed by atoms with Crippen LogP contribution in [0.3, 0.4) is 0 Å². The minimum atomic E-state index is -0.498. The molecule has 5 heteroatoms. The van der Waals surface area contributed by atoms with Crippen LogP contribution in [0.5, 0.6) is 0 Å². The van der Waals surface area contributed by atoms with Gasteiger partial charge in [-0.05, 0) is 30.5 Å². The Balaban J connectivity index is 1.66. The van der Waals surface area contributed by atoms with E-state index in [1.807, 2.05) is 60.7 Å². The third-order valence-electron chi connectivity index (χ3n) is 3.60. The Kier molecular flexibility index (Phi) is 5.54. The number of hydrogen-bond acceptors (Lipinski definition) is 4. The molecule has 4 nitrogen and oxygen atoms in total. The Hall–Kier alpha value is -2.27. The molecule has 24 heavy (non-hydrogen) atoms. The fourth-order valence-corrected chi connectivity index (χ4v) is 3.27. The molecule has 1 fully saturated rings. The summed E-state index contributed by atoms with van der Waals surface area (Å²) in [4.78, 5) is 25.2. The molecular weight excluding hydrogens is 322 g/mol. The summed E-state index contributed by atoms with van der Waals surface area (Å²) >= 11 is 1.42. The maximum atomic E-state index is 12.5. The van der Waals surface area contributed by atoms with Gasteiger partial charge in [0.15, 0.2) is 6.61 Å². The first-order valence-corrected chi connectivity index (χ1v) is 8.83. The number of esters is 1. The SMILES string of the molecule is O=C(COC(=O)[C@H](Sc1ccccc1)c1ccccc1)NC1CC1. The van der Waals surface area contributed by atoms with E-state index in [0.717, 1.165) is 23.3 Å². The van der Waals surface area contributed by atoms with Crippen LogP contribution in [0.4, 0.5) is 0 Å². The van der Waals surface area contributed by atoms with Gasteiger partial charge in [-0.1, -0.05) is 48.5 Å². The third kappa shape index (κ3) is 4.86. The van der Waals surface area contributed by atoms with Crippen molar-refractivity contribution in [2.24, 2.45) is 0 Å². The predicted molar refractivity (Wildman–Crippen MR) is 93.6 cm³/mol. The van der Waals surface area contributed by atoms with Gasteiger partial charge in [0.2, 0.25) is 0 Å². The van der Waals surface area contributed by atoms with E-state index >= 15 is 0 Å². The van der Waals surface area contributed by atoms with Crippen molar-refractivity contribution in [1.82, 2.24) is 5.32 Å². The molecule has 1 aliphatic rings. The molecule has 2 aromatic carbocycles. The molecule has 0 heterocycles. The first kappa shape index (κ1) is 16.6. The fourth-order valence-electron chi connectivity index (χ4n) is 2.22. The second-order valence-corrected chi connectivity index (χ2v) is 6.85. The lowest BCUT2D eigenvalue weighted by Crippen LogP contribution is -2.31. The van der Waals surface area contributed by atoms with Crippen molar-refractivity contribution in [3.05, 3.63) is 66.2 Å². The lowest BCUT2D eigenvalue weighted by molar-refractivity contribution is -0.148. The first-order valence-electron chi connectivity index (χ1n) is 7.95. The summed E-state index contributed by atoms with van der Waals surface area (Å²) in [5.41, 5.74) is 0.860. The van der Waals surface area contributed by atoms with Gasteiger partial charge in [0.05, 0.1) is 0 Å². The highest BCUT2D eigenvalue weighted by molar-refractivity contribution is 8.00. The highest BCUT2D eigenvalue weighted by atomic mass is 32.2. The van der Waals surface area contributed by atoms with Gasteiger partial charge < -0.3 is 10.1 Å². The number of carbonyl (C=O) groups excluding carboxylic acids is 2. The Labute approximate surface area is 145 Å². The van der Waals surface area contributed by atoms with Crippen molar-refractivity contribution in [3.8, 4) is 0 Å². The van der Waals surface area contributed by atoms with E-state index < -0.39 is 11.2 Å². The van der Waals surface area contributed by atoms with Gasteiger partial charge >= 0.3 is 5.97 Å². The monoisotopic (exact) mass is 341 g/mol. The summed E-state index contributed by atoms with van der Waals surface area (Å²) in [6.45, 7) is -0.228. The van der Waals surface area contributed by atoms with Crippen molar-refractivity contribution in [2.45, 2.75) is 29.0 Å². The van der Waals surface area contributed by atoms with Crippen molar-refractivity contribution >= 4 is 23.6 Å². The molecule has 1 atom stereocenters. The molecule has 2 aromatic rings. The number of thioether (sulfide) groups is 1. The number of benzene rings is 2. The molecule has 0 bridgehead atoms. The van der Waals surface area contributed by atoms with E-state index in [1.54, 1.807) is 0 Å². The van der Waals surface area contributed by atoms with Crippen molar-refractivity contribution < 1.29 is 14.3 Å². The first-order chi connectivity index (χ1) is 11.7. The zero-order valence-electron chi connectivity index (χ0n) is 13.2. The van der Waals surface area contributed by atoms with E-state index in [-0.39, 0.29) is 18.6 Å². The zero-order valence-corrected chi connectivity index (χ0v) is 14.0. The average Bonchev–Trinajstić information content (AvgIpc) is 3.43. The van der Waals surface area contributed by atoms with Gasteiger partial charge in [-0.25, -0.2) is 0 Å². The standard InChI is InChI=1S/C19H19NO3S/c21-17(20-15-11-12-15)13-23-19(22)18(14-7-3-1-4-8-14)24-16-9-5-2-6-10-16/h1-10,15,18H,11-13H2,(H,20,21)/t18-/m1/s1. The highest BCUT2D eigenvalue weighted by Gasteiger charge is 2.26. The summed E-state index contributed by atoms with van der Waals surface area (Å²) in [5.74, 6) is -0.636. The molecule has 0 aromatic heterocycles. The van der Waals surface area contributed by atoms with Crippen LogP contribution >= 0.6 is 11.8 Å². The van der Waals surface area contributed by atoms with E-state index in [1.165, 1.54) is 11.8 Å². The van der Waals surface area contributed by atoms with Gasteiger partial charge in [0.25, 0.3) is 5.91 Å². The van der Waals surface area contributed by atoms with Crippen LogP contribution in [-0.4, -0.2) is 24.5 Å². The van der Waals surface area contributed by atoms with Gasteiger partial charge in [-0.15, -0.1) is 11.8 Å². The topological polar surface area (TPSA) is 55.4 Å². The van der Waals surface area contributed by atoms with Gasteiger partial charge in [-0.2, -0.15) is 0 Å². The number of carbonyl (C=O) groups is 2. The number of hydrogen-bond donors (Lipinski definition) is 1. The van der Waals surface area contributed by atoms with Crippen LogP contribution in [0.1, 0.15) is 23.7 Å². The van der Waals surface area contributed by atoms with Crippen molar-refractivity contribution in [2.75, 3.05) is 6.61 Å². The second-order valence-electron chi connectivity index (χ2n) is 5.67. The van der Waals surface area contributed by atoms with Crippen molar-refractivity contribution in [3.63, 3.8) is 0 Å². The molecule has 0 aliphatic heterocycles.